The van der Waals surface area contributed by atoms with Crippen LogP contribution in [0.5, 0.6) is 11.6 Å². The molecule has 0 atom stereocenters. The normalized spacial score (nSPS) is 10.2. The fourth-order valence-electron chi connectivity index (χ4n) is 1.73. The number of carbonyl (C=O) groups is 1. The summed E-state index contributed by atoms with van der Waals surface area (Å²) in [5.41, 5.74) is 7.06. The number of benzene rings is 1. The van der Waals surface area contributed by atoms with E-state index in [2.05, 4.69) is 4.98 Å². The Bertz CT molecular complexity index is 674. The Balaban J connectivity index is 2.28. The molecule has 0 amide bonds. The van der Waals surface area contributed by atoms with E-state index in [0.29, 0.717) is 10.8 Å². The molecule has 110 valence electrons. The number of halogens is 1. The highest BCUT2D eigenvalue weighted by Gasteiger charge is 2.14. The number of carbonyl (C=O) groups excluding carboxylic acids is 1. The van der Waals surface area contributed by atoms with Crippen LogP contribution in [0.4, 0.5) is 5.69 Å². The molecule has 1 aromatic carbocycles. The lowest BCUT2D eigenvalue weighted by atomic mass is 10.2. The molecule has 0 unspecified atom stereocenters. The number of nitrogens with two attached hydrogens (primary N) is 1. The summed E-state index contributed by atoms with van der Waals surface area (Å²) in [5.74, 6) is 0.360. The Hall–Kier alpha value is -2.27. The summed E-state index contributed by atoms with van der Waals surface area (Å²) < 4.78 is 10.6. The highest BCUT2D eigenvalue weighted by Crippen LogP contribution is 2.27. The van der Waals surface area contributed by atoms with Crippen molar-refractivity contribution in [3.05, 3.63) is 46.6 Å². The van der Waals surface area contributed by atoms with E-state index in [0.717, 1.165) is 5.56 Å². The molecule has 5 nitrogen and oxygen atoms in total. The van der Waals surface area contributed by atoms with Gasteiger partial charge in [0.25, 0.3) is 0 Å². The van der Waals surface area contributed by atoms with Crippen LogP contribution in [-0.4, -0.2) is 17.6 Å². The number of pyridine rings is 1. The van der Waals surface area contributed by atoms with E-state index in [-0.39, 0.29) is 23.7 Å². The second kappa shape index (κ2) is 6.45. The van der Waals surface area contributed by atoms with Gasteiger partial charge >= 0.3 is 5.97 Å². The Morgan fingerprint density at radius 1 is 1.38 bits per heavy atom. The van der Waals surface area contributed by atoms with Gasteiger partial charge in [0, 0.05) is 11.1 Å². The first kappa shape index (κ1) is 15.1. The third-order valence-electron chi connectivity index (χ3n) is 2.76. The minimum atomic E-state index is -0.505. The van der Waals surface area contributed by atoms with Crippen molar-refractivity contribution in [2.75, 3.05) is 12.3 Å². The standard InChI is InChI=1S/C15H15ClN2O3/c1-3-20-15(19)11-7-14(18-8-12(11)17)21-13-5-4-10(16)6-9(13)2/h4-8H,3,17H2,1-2H3. The molecule has 1 heterocycles. The van der Waals surface area contributed by atoms with Crippen molar-refractivity contribution in [3.63, 3.8) is 0 Å². The van der Waals surface area contributed by atoms with Gasteiger partial charge in [0.1, 0.15) is 5.75 Å². The molecule has 0 aliphatic carbocycles. The quantitative estimate of drug-likeness (QED) is 0.874. The number of nitrogens with zero attached hydrogens (tertiary/aromatic N) is 1. The van der Waals surface area contributed by atoms with E-state index in [1.54, 1.807) is 25.1 Å². The van der Waals surface area contributed by atoms with Crippen LogP contribution >= 0.6 is 11.6 Å². The van der Waals surface area contributed by atoms with Crippen LogP contribution in [0.1, 0.15) is 22.8 Å². The highest BCUT2D eigenvalue weighted by atomic mass is 35.5. The van der Waals surface area contributed by atoms with Crippen LogP contribution in [0, 0.1) is 6.92 Å². The molecule has 0 radical (unpaired) electrons. The van der Waals surface area contributed by atoms with Gasteiger partial charge < -0.3 is 15.2 Å². The van der Waals surface area contributed by atoms with Crippen molar-refractivity contribution in [2.45, 2.75) is 13.8 Å². The van der Waals surface area contributed by atoms with Crippen molar-refractivity contribution in [2.24, 2.45) is 0 Å². The van der Waals surface area contributed by atoms with E-state index in [1.807, 2.05) is 6.92 Å². The second-order valence-electron chi connectivity index (χ2n) is 4.34. The maximum absolute atomic E-state index is 11.8. The molecule has 6 heteroatoms. The van der Waals surface area contributed by atoms with Gasteiger partial charge in [-0.1, -0.05) is 11.6 Å². The molecule has 2 aromatic rings. The molecular weight excluding hydrogens is 292 g/mol. The zero-order chi connectivity index (χ0) is 15.4. The number of esters is 1. The summed E-state index contributed by atoms with van der Waals surface area (Å²) in [6, 6.07) is 6.69. The van der Waals surface area contributed by atoms with Crippen molar-refractivity contribution in [1.82, 2.24) is 4.98 Å². The molecular formula is C15H15ClN2O3. The average Bonchev–Trinajstić information content (AvgIpc) is 2.44. The topological polar surface area (TPSA) is 74.4 Å². The minimum Gasteiger partial charge on any atom is -0.462 e. The van der Waals surface area contributed by atoms with Crippen molar-refractivity contribution in [1.29, 1.82) is 0 Å². The summed E-state index contributed by atoms with van der Waals surface area (Å²) in [6.45, 7) is 3.86. The zero-order valence-corrected chi connectivity index (χ0v) is 12.5. The summed E-state index contributed by atoms with van der Waals surface area (Å²) in [7, 11) is 0. The molecule has 2 rings (SSSR count). The van der Waals surface area contributed by atoms with E-state index >= 15 is 0 Å². The molecule has 0 fully saturated rings. The predicted molar refractivity (Wildman–Crippen MR) is 80.9 cm³/mol. The van der Waals surface area contributed by atoms with Crippen LogP contribution in [0.3, 0.4) is 0 Å². The fourth-order valence-corrected chi connectivity index (χ4v) is 1.95. The van der Waals surface area contributed by atoms with Gasteiger partial charge in [0.2, 0.25) is 5.88 Å². The number of ether oxygens (including phenoxy) is 2. The van der Waals surface area contributed by atoms with E-state index in [9.17, 15) is 4.79 Å². The number of aryl methyl sites for hydroxylation is 1. The lowest BCUT2D eigenvalue weighted by molar-refractivity contribution is 0.0527. The summed E-state index contributed by atoms with van der Waals surface area (Å²) in [4.78, 5) is 15.8. The third kappa shape index (κ3) is 3.64. The van der Waals surface area contributed by atoms with Crippen LogP contribution in [0.15, 0.2) is 30.5 Å². The lowest BCUT2D eigenvalue weighted by Crippen LogP contribution is -2.08. The summed E-state index contributed by atoms with van der Waals surface area (Å²) in [6.07, 6.45) is 1.37. The largest absolute Gasteiger partial charge is 0.462 e. The second-order valence-corrected chi connectivity index (χ2v) is 4.78. The van der Waals surface area contributed by atoms with Gasteiger partial charge in [0.15, 0.2) is 0 Å². The predicted octanol–water partition coefficient (Wildman–Crippen LogP) is 3.59. The minimum absolute atomic E-state index is 0.230. The summed E-state index contributed by atoms with van der Waals surface area (Å²) >= 11 is 5.89. The maximum atomic E-state index is 11.8. The molecule has 0 aliphatic rings. The van der Waals surface area contributed by atoms with Crippen LogP contribution < -0.4 is 10.5 Å². The van der Waals surface area contributed by atoms with Gasteiger partial charge in [-0.25, -0.2) is 9.78 Å². The molecule has 0 saturated carbocycles. The number of hydrogen-bond donors (Lipinski definition) is 1. The SMILES string of the molecule is CCOC(=O)c1cc(Oc2ccc(Cl)cc2C)ncc1N. The smallest absolute Gasteiger partial charge is 0.340 e. The Kier molecular flexibility index (Phi) is 4.65. The molecule has 0 spiro atoms. The van der Waals surface area contributed by atoms with Crippen molar-refractivity contribution >= 4 is 23.3 Å². The average molecular weight is 307 g/mol. The first-order chi connectivity index (χ1) is 10.0. The third-order valence-corrected chi connectivity index (χ3v) is 2.99. The number of rotatable bonds is 4. The van der Waals surface area contributed by atoms with Gasteiger partial charge in [-0.05, 0) is 37.6 Å². The van der Waals surface area contributed by atoms with Crippen LogP contribution in [-0.2, 0) is 4.74 Å². The molecule has 1 aromatic heterocycles. The molecule has 0 aliphatic heterocycles. The van der Waals surface area contributed by atoms with E-state index < -0.39 is 5.97 Å². The number of anilines is 1. The van der Waals surface area contributed by atoms with Crippen molar-refractivity contribution < 1.29 is 14.3 Å². The van der Waals surface area contributed by atoms with Gasteiger partial charge in [-0.3, -0.25) is 0 Å². The van der Waals surface area contributed by atoms with E-state index in [4.69, 9.17) is 26.8 Å². The fraction of sp³-hybridized carbons (Fsp3) is 0.200. The Labute approximate surface area is 127 Å². The first-order valence-corrected chi connectivity index (χ1v) is 6.75. The monoisotopic (exact) mass is 306 g/mol. The van der Waals surface area contributed by atoms with Crippen LogP contribution in [0.2, 0.25) is 5.02 Å². The first-order valence-electron chi connectivity index (χ1n) is 6.38. The number of aromatic nitrogens is 1. The molecule has 2 N–H and O–H groups in total. The Morgan fingerprint density at radius 2 is 2.14 bits per heavy atom. The van der Waals surface area contributed by atoms with Gasteiger partial charge in [-0.2, -0.15) is 0 Å². The Morgan fingerprint density at radius 3 is 2.81 bits per heavy atom. The van der Waals surface area contributed by atoms with Crippen LogP contribution in [0.25, 0.3) is 0 Å². The zero-order valence-electron chi connectivity index (χ0n) is 11.7. The summed E-state index contributed by atoms with van der Waals surface area (Å²) in [5, 5.41) is 0.623. The lowest BCUT2D eigenvalue weighted by Gasteiger charge is -2.10. The molecule has 0 saturated heterocycles. The number of nitrogen functional groups attached to an aromatic ring is 1. The molecule has 21 heavy (non-hydrogen) atoms. The van der Waals surface area contributed by atoms with Gasteiger partial charge in [0.05, 0.1) is 24.1 Å². The van der Waals surface area contributed by atoms with Crippen molar-refractivity contribution in [3.8, 4) is 11.6 Å². The maximum Gasteiger partial charge on any atom is 0.340 e. The van der Waals surface area contributed by atoms with Gasteiger partial charge in [-0.15, -0.1) is 0 Å². The highest BCUT2D eigenvalue weighted by molar-refractivity contribution is 6.30. The van der Waals surface area contributed by atoms with E-state index in [1.165, 1.54) is 12.3 Å². The number of hydrogen-bond acceptors (Lipinski definition) is 5. The molecule has 0 bridgehead atoms.